The second-order valence-electron chi connectivity index (χ2n) is 5.29. The molecule has 4 nitrogen and oxygen atoms in total. The van der Waals surface area contributed by atoms with Crippen LogP contribution >= 0.6 is 0 Å². The zero-order valence-electron chi connectivity index (χ0n) is 10.4. The quantitative estimate of drug-likeness (QED) is 0.869. The lowest BCUT2D eigenvalue weighted by atomic mass is 10.1. The van der Waals surface area contributed by atoms with Crippen molar-refractivity contribution in [3.63, 3.8) is 0 Å². The first-order valence-electron chi connectivity index (χ1n) is 6.82. The van der Waals surface area contributed by atoms with Crippen LogP contribution in [0.15, 0.2) is 24.3 Å². The molecule has 1 fully saturated rings. The molecule has 94 valence electrons. The molecule has 1 atom stereocenters. The minimum absolute atomic E-state index is 0.201. The number of fused-ring (bicyclic) bond motifs is 3. The van der Waals surface area contributed by atoms with Crippen LogP contribution in [0.3, 0.4) is 0 Å². The van der Waals surface area contributed by atoms with E-state index in [-0.39, 0.29) is 6.10 Å². The number of nitrogens with zero attached hydrogens (tertiary/aromatic N) is 2. The lowest BCUT2D eigenvalue weighted by molar-refractivity contribution is -0.675. The standard InChI is InChI=1S/C14H17N3O/c1-2-4-12-11(3-1)14-13(9-15-10-5-6-10)18-8-7-17(14)16-12/h1-4,10,13,15H,5-9H2/p+1. The SMILES string of the molecule is c1ccc2c3n(nc2c1)CCOC3C[NH2+]C1CC1. The minimum atomic E-state index is 0.201. The normalized spacial score (nSPS) is 23.2. The first kappa shape index (κ1) is 10.5. The zero-order valence-corrected chi connectivity index (χ0v) is 10.4. The summed E-state index contributed by atoms with van der Waals surface area (Å²) in [5, 5.41) is 8.36. The van der Waals surface area contributed by atoms with Crippen molar-refractivity contribution in [1.82, 2.24) is 9.78 Å². The van der Waals surface area contributed by atoms with Crippen LogP contribution in [0.2, 0.25) is 0 Å². The highest BCUT2D eigenvalue weighted by atomic mass is 16.5. The minimum Gasteiger partial charge on any atom is -0.364 e. The zero-order chi connectivity index (χ0) is 11.9. The van der Waals surface area contributed by atoms with Gasteiger partial charge in [-0.2, -0.15) is 5.10 Å². The van der Waals surface area contributed by atoms with Crippen molar-refractivity contribution in [2.75, 3.05) is 13.2 Å². The molecule has 4 rings (SSSR count). The number of benzene rings is 1. The van der Waals surface area contributed by atoms with Crippen LogP contribution in [0.4, 0.5) is 0 Å². The molecule has 1 aliphatic carbocycles. The van der Waals surface area contributed by atoms with E-state index in [2.05, 4.69) is 33.3 Å². The van der Waals surface area contributed by atoms with Gasteiger partial charge in [0.2, 0.25) is 0 Å². The Balaban J connectivity index is 1.71. The fourth-order valence-electron chi connectivity index (χ4n) is 2.80. The smallest absolute Gasteiger partial charge is 0.148 e. The summed E-state index contributed by atoms with van der Waals surface area (Å²) in [6, 6.07) is 9.22. The van der Waals surface area contributed by atoms with Crippen molar-refractivity contribution < 1.29 is 10.1 Å². The fraction of sp³-hybridized carbons (Fsp3) is 0.500. The fourth-order valence-corrected chi connectivity index (χ4v) is 2.80. The molecular formula is C14H18N3O+. The summed E-state index contributed by atoms with van der Waals surface area (Å²) in [5.74, 6) is 0. The third kappa shape index (κ3) is 1.72. The molecule has 0 bridgehead atoms. The van der Waals surface area contributed by atoms with Gasteiger partial charge in [-0.1, -0.05) is 18.2 Å². The monoisotopic (exact) mass is 244 g/mol. The molecule has 1 aromatic carbocycles. The average Bonchev–Trinajstić information content (AvgIpc) is 3.15. The maximum Gasteiger partial charge on any atom is 0.148 e. The molecule has 1 aromatic heterocycles. The van der Waals surface area contributed by atoms with E-state index in [1.165, 1.54) is 23.9 Å². The van der Waals surface area contributed by atoms with Gasteiger partial charge in [-0.05, 0) is 6.07 Å². The maximum atomic E-state index is 5.96. The first-order valence-corrected chi connectivity index (χ1v) is 6.82. The van der Waals surface area contributed by atoms with E-state index in [4.69, 9.17) is 4.74 Å². The number of nitrogens with two attached hydrogens (primary N) is 1. The second kappa shape index (κ2) is 4.07. The molecule has 2 heterocycles. The van der Waals surface area contributed by atoms with Gasteiger partial charge in [0.15, 0.2) is 0 Å². The highest BCUT2D eigenvalue weighted by Gasteiger charge is 2.31. The van der Waals surface area contributed by atoms with Gasteiger partial charge in [0.1, 0.15) is 12.6 Å². The van der Waals surface area contributed by atoms with Crippen molar-refractivity contribution >= 4 is 10.9 Å². The Morgan fingerprint density at radius 1 is 1.33 bits per heavy atom. The number of aromatic nitrogens is 2. The van der Waals surface area contributed by atoms with Gasteiger partial charge in [-0.3, -0.25) is 4.68 Å². The van der Waals surface area contributed by atoms with Crippen LogP contribution in [0.5, 0.6) is 0 Å². The number of hydrogen-bond acceptors (Lipinski definition) is 2. The van der Waals surface area contributed by atoms with Gasteiger partial charge in [-0.25, -0.2) is 0 Å². The van der Waals surface area contributed by atoms with Crippen LogP contribution < -0.4 is 5.32 Å². The van der Waals surface area contributed by atoms with Crippen LogP contribution in [-0.4, -0.2) is 29.0 Å². The van der Waals surface area contributed by atoms with Crippen LogP contribution in [0.1, 0.15) is 24.6 Å². The maximum absolute atomic E-state index is 5.96. The van der Waals surface area contributed by atoms with Crippen molar-refractivity contribution in [3.8, 4) is 0 Å². The van der Waals surface area contributed by atoms with E-state index >= 15 is 0 Å². The molecular weight excluding hydrogens is 226 g/mol. The number of quaternary nitrogens is 1. The third-order valence-electron chi connectivity index (χ3n) is 3.92. The van der Waals surface area contributed by atoms with E-state index in [1.54, 1.807) is 0 Å². The molecule has 2 N–H and O–H groups in total. The average molecular weight is 244 g/mol. The van der Waals surface area contributed by atoms with E-state index < -0.39 is 0 Å². The Morgan fingerprint density at radius 2 is 2.22 bits per heavy atom. The molecule has 1 saturated carbocycles. The second-order valence-corrected chi connectivity index (χ2v) is 5.29. The summed E-state index contributed by atoms with van der Waals surface area (Å²) in [5.41, 5.74) is 2.36. The summed E-state index contributed by atoms with van der Waals surface area (Å²) in [6.45, 7) is 2.69. The van der Waals surface area contributed by atoms with E-state index in [0.29, 0.717) is 0 Å². The molecule has 1 unspecified atom stereocenters. The lowest BCUT2D eigenvalue weighted by Gasteiger charge is -2.23. The largest absolute Gasteiger partial charge is 0.364 e. The molecule has 4 heteroatoms. The van der Waals surface area contributed by atoms with Crippen molar-refractivity contribution in [1.29, 1.82) is 0 Å². The predicted octanol–water partition coefficient (Wildman–Crippen LogP) is 0.833. The Bertz CT molecular complexity index is 573. The summed E-state index contributed by atoms with van der Waals surface area (Å²) < 4.78 is 8.10. The number of hydrogen-bond donors (Lipinski definition) is 1. The molecule has 0 spiro atoms. The summed E-state index contributed by atoms with van der Waals surface area (Å²) in [7, 11) is 0. The predicted molar refractivity (Wildman–Crippen MR) is 68.2 cm³/mol. The third-order valence-corrected chi connectivity index (χ3v) is 3.92. The highest BCUT2D eigenvalue weighted by molar-refractivity contribution is 5.81. The Hall–Kier alpha value is -1.39. The Labute approximate surface area is 106 Å². The van der Waals surface area contributed by atoms with Crippen LogP contribution in [0, 0.1) is 0 Å². The van der Waals surface area contributed by atoms with Gasteiger partial charge in [0.05, 0.1) is 30.4 Å². The molecule has 0 saturated heterocycles. The Morgan fingerprint density at radius 3 is 3.11 bits per heavy atom. The summed E-state index contributed by atoms with van der Waals surface area (Å²) in [6.07, 6.45) is 2.94. The molecule has 0 amide bonds. The first-order chi connectivity index (χ1) is 8.92. The van der Waals surface area contributed by atoms with E-state index in [9.17, 15) is 0 Å². The number of rotatable bonds is 3. The van der Waals surface area contributed by atoms with Gasteiger partial charge < -0.3 is 10.1 Å². The van der Waals surface area contributed by atoms with E-state index in [1.807, 2.05) is 6.07 Å². The topological polar surface area (TPSA) is 43.7 Å². The van der Waals surface area contributed by atoms with Crippen molar-refractivity contribution in [2.45, 2.75) is 31.5 Å². The van der Waals surface area contributed by atoms with Crippen molar-refractivity contribution in [2.24, 2.45) is 0 Å². The van der Waals surface area contributed by atoms with E-state index in [0.717, 1.165) is 31.3 Å². The molecule has 2 aromatic rings. The molecule has 1 aliphatic heterocycles. The van der Waals surface area contributed by atoms with Gasteiger partial charge in [-0.15, -0.1) is 0 Å². The molecule has 2 aliphatic rings. The van der Waals surface area contributed by atoms with Gasteiger partial charge >= 0.3 is 0 Å². The Kier molecular flexibility index (Phi) is 2.38. The highest BCUT2D eigenvalue weighted by Crippen LogP contribution is 2.28. The summed E-state index contributed by atoms with van der Waals surface area (Å²) in [4.78, 5) is 0. The van der Waals surface area contributed by atoms with Gasteiger partial charge in [0.25, 0.3) is 0 Å². The number of ether oxygens (including phenoxy) is 1. The van der Waals surface area contributed by atoms with Crippen molar-refractivity contribution in [3.05, 3.63) is 30.0 Å². The van der Waals surface area contributed by atoms with Crippen LogP contribution in [-0.2, 0) is 11.3 Å². The summed E-state index contributed by atoms with van der Waals surface area (Å²) >= 11 is 0. The molecule has 0 radical (unpaired) electrons. The van der Waals surface area contributed by atoms with Crippen LogP contribution in [0.25, 0.3) is 10.9 Å². The molecule has 18 heavy (non-hydrogen) atoms. The lowest BCUT2D eigenvalue weighted by Crippen LogP contribution is -2.87. The van der Waals surface area contributed by atoms with Gasteiger partial charge in [0, 0.05) is 18.2 Å².